The highest BCUT2D eigenvalue weighted by Crippen LogP contribution is 2.34. The monoisotopic (exact) mass is 224 g/mol. The Morgan fingerprint density at radius 1 is 1.19 bits per heavy atom. The first-order valence-corrected chi connectivity index (χ1v) is 7.34. The molecule has 2 aliphatic rings. The van der Waals surface area contributed by atoms with E-state index in [2.05, 4.69) is 17.6 Å². The summed E-state index contributed by atoms with van der Waals surface area (Å²) in [5.74, 6) is 2.03. The van der Waals surface area contributed by atoms with Crippen LogP contribution in [0.1, 0.15) is 51.9 Å². The molecule has 0 radical (unpaired) electrons. The maximum Gasteiger partial charge on any atom is 0.00991 e. The molecular weight excluding hydrogens is 196 g/mol. The maximum absolute atomic E-state index is 3.72. The molecule has 1 saturated carbocycles. The van der Waals surface area contributed by atoms with Gasteiger partial charge in [-0.05, 0) is 70.0 Å². The van der Waals surface area contributed by atoms with E-state index >= 15 is 0 Å². The normalized spacial score (nSPS) is 30.6. The van der Waals surface area contributed by atoms with Gasteiger partial charge in [0, 0.05) is 6.04 Å². The van der Waals surface area contributed by atoms with Gasteiger partial charge in [-0.2, -0.15) is 0 Å². The van der Waals surface area contributed by atoms with Crippen molar-refractivity contribution >= 4 is 0 Å². The fourth-order valence-electron chi connectivity index (χ4n) is 3.04. The summed E-state index contributed by atoms with van der Waals surface area (Å²) in [6.45, 7) is 6.06. The van der Waals surface area contributed by atoms with Gasteiger partial charge in [0.1, 0.15) is 0 Å². The molecule has 16 heavy (non-hydrogen) atoms. The van der Waals surface area contributed by atoms with Gasteiger partial charge in [0.15, 0.2) is 0 Å². The fraction of sp³-hybridized carbons (Fsp3) is 1.00. The standard InChI is InChI=1S/C14H28N2/c1-2-4-13-11-14(13)16-8-3-5-12-6-9-15-10-7-12/h12-16H,2-11H2,1H3. The zero-order valence-corrected chi connectivity index (χ0v) is 10.8. The molecule has 0 aromatic rings. The van der Waals surface area contributed by atoms with E-state index in [4.69, 9.17) is 0 Å². The largest absolute Gasteiger partial charge is 0.317 e. The van der Waals surface area contributed by atoms with Crippen LogP contribution >= 0.6 is 0 Å². The van der Waals surface area contributed by atoms with Gasteiger partial charge in [0.25, 0.3) is 0 Å². The van der Waals surface area contributed by atoms with Crippen LogP contribution in [0.15, 0.2) is 0 Å². The lowest BCUT2D eigenvalue weighted by molar-refractivity contribution is 0.344. The van der Waals surface area contributed by atoms with Gasteiger partial charge in [0.2, 0.25) is 0 Å². The third-order valence-corrected chi connectivity index (χ3v) is 4.24. The van der Waals surface area contributed by atoms with Crippen LogP contribution in [0.2, 0.25) is 0 Å². The number of rotatable bonds is 7. The van der Waals surface area contributed by atoms with E-state index in [-0.39, 0.29) is 0 Å². The van der Waals surface area contributed by atoms with E-state index in [0.29, 0.717) is 0 Å². The van der Waals surface area contributed by atoms with Crippen molar-refractivity contribution in [2.45, 2.75) is 57.9 Å². The summed E-state index contributed by atoms with van der Waals surface area (Å²) in [7, 11) is 0. The topological polar surface area (TPSA) is 24.1 Å². The van der Waals surface area contributed by atoms with E-state index < -0.39 is 0 Å². The van der Waals surface area contributed by atoms with Crippen LogP contribution in [-0.4, -0.2) is 25.7 Å². The second-order valence-corrected chi connectivity index (χ2v) is 5.68. The van der Waals surface area contributed by atoms with Crippen LogP contribution in [0.4, 0.5) is 0 Å². The lowest BCUT2D eigenvalue weighted by atomic mass is 9.93. The number of hydrogen-bond donors (Lipinski definition) is 2. The maximum atomic E-state index is 3.72. The summed E-state index contributed by atoms with van der Waals surface area (Å²) in [4.78, 5) is 0. The van der Waals surface area contributed by atoms with Gasteiger partial charge in [0.05, 0.1) is 0 Å². The van der Waals surface area contributed by atoms with Crippen LogP contribution in [0.5, 0.6) is 0 Å². The molecule has 2 N–H and O–H groups in total. The Bertz CT molecular complexity index is 187. The van der Waals surface area contributed by atoms with Crippen LogP contribution in [0.3, 0.4) is 0 Å². The molecule has 0 aromatic carbocycles. The molecule has 2 rings (SSSR count). The van der Waals surface area contributed by atoms with E-state index in [1.165, 1.54) is 64.6 Å². The van der Waals surface area contributed by atoms with Crippen LogP contribution < -0.4 is 10.6 Å². The van der Waals surface area contributed by atoms with E-state index in [1.807, 2.05) is 0 Å². The molecule has 1 saturated heterocycles. The van der Waals surface area contributed by atoms with Gasteiger partial charge >= 0.3 is 0 Å². The minimum atomic E-state index is 0.882. The average Bonchev–Trinajstić information content (AvgIpc) is 3.05. The predicted molar refractivity (Wildman–Crippen MR) is 69.6 cm³/mol. The molecule has 0 bridgehead atoms. The van der Waals surface area contributed by atoms with Gasteiger partial charge in [-0.1, -0.05) is 13.3 Å². The quantitative estimate of drug-likeness (QED) is 0.649. The van der Waals surface area contributed by atoms with Crippen molar-refractivity contribution in [1.29, 1.82) is 0 Å². The first kappa shape index (κ1) is 12.4. The second-order valence-electron chi connectivity index (χ2n) is 5.68. The van der Waals surface area contributed by atoms with Gasteiger partial charge in [-0.3, -0.25) is 0 Å². The average molecular weight is 224 g/mol. The highest BCUT2D eigenvalue weighted by atomic mass is 15.0. The Labute approximate surface area is 101 Å². The SMILES string of the molecule is CCCC1CC1NCCCC1CCNCC1. The second kappa shape index (κ2) is 6.61. The Kier molecular flexibility index (Phi) is 5.11. The van der Waals surface area contributed by atoms with Crippen LogP contribution in [0, 0.1) is 11.8 Å². The molecule has 2 fully saturated rings. The molecule has 0 amide bonds. The van der Waals surface area contributed by atoms with E-state index in [0.717, 1.165) is 17.9 Å². The molecule has 1 heterocycles. The molecule has 94 valence electrons. The van der Waals surface area contributed by atoms with Gasteiger partial charge in [-0.25, -0.2) is 0 Å². The van der Waals surface area contributed by atoms with Crippen molar-refractivity contribution in [2.24, 2.45) is 11.8 Å². The molecule has 0 aromatic heterocycles. The van der Waals surface area contributed by atoms with E-state index in [9.17, 15) is 0 Å². The summed E-state index contributed by atoms with van der Waals surface area (Å²) in [6.07, 6.45) is 9.88. The predicted octanol–water partition coefficient (Wildman–Crippen LogP) is 2.54. The summed E-state index contributed by atoms with van der Waals surface area (Å²) < 4.78 is 0. The molecular formula is C14H28N2. The minimum Gasteiger partial charge on any atom is -0.317 e. The van der Waals surface area contributed by atoms with Crippen molar-refractivity contribution in [3.63, 3.8) is 0 Å². The molecule has 1 aliphatic carbocycles. The molecule has 2 atom stereocenters. The number of hydrogen-bond acceptors (Lipinski definition) is 2. The molecule has 2 unspecified atom stereocenters. The Balaban J connectivity index is 1.43. The van der Waals surface area contributed by atoms with Gasteiger partial charge in [-0.15, -0.1) is 0 Å². The van der Waals surface area contributed by atoms with Crippen molar-refractivity contribution in [3.8, 4) is 0 Å². The van der Waals surface area contributed by atoms with Crippen molar-refractivity contribution < 1.29 is 0 Å². The summed E-state index contributed by atoms with van der Waals surface area (Å²) in [6, 6.07) is 0.882. The Morgan fingerprint density at radius 2 is 2.00 bits per heavy atom. The smallest absolute Gasteiger partial charge is 0.00991 e. The highest BCUT2D eigenvalue weighted by molar-refractivity contribution is 4.92. The molecule has 0 spiro atoms. The minimum absolute atomic E-state index is 0.882. The van der Waals surface area contributed by atoms with Crippen molar-refractivity contribution in [3.05, 3.63) is 0 Å². The first-order chi connectivity index (χ1) is 7.90. The number of piperidine rings is 1. The summed E-state index contributed by atoms with van der Waals surface area (Å²) >= 11 is 0. The first-order valence-electron chi connectivity index (χ1n) is 7.34. The third kappa shape index (κ3) is 4.06. The van der Waals surface area contributed by atoms with Crippen molar-refractivity contribution in [1.82, 2.24) is 10.6 Å². The summed E-state index contributed by atoms with van der Waals surface area (Å²) in [5.41, 5.74) is 0. The van der Waals surface area contributed by atoms with Crippen LogP contribution in [0.25, 0.3) is 0 Å². The van der Waals surface area contributed by atoms with Crippen LogP contribution in [-0.2, 0) is 0 Å². The lowest BCUT2D eigenvalue weighted by Crippen LogP contribution is -2.28. The zero-order chi connectivity index (χ0) is 11.2. The summed E-state index contributed by atoms with van der Waals surface area (Å²) in [5, 5.41) is 7.15. The number of nitrogens with one attached hydrogen (secondary N) is 2. The van der Waals surface area contributed by atoms with Gasteiger partial charge < -0.3 is 10.6 Å². The zero-order valence-electron chi connectivity index (χ0n) is 10.8. The third-order valence-electron chi connectivity index (χ3n) is 4.24. The highest BCUT2D eigenvalue weighted by Gasteiger charge is 2.34. The molecule has 2 heteroatoms. The Morgan fingerprint density at radius 3 is 2.75 bits per heavy atom. The lowest BCUT2D eigenvalue weighted by Gasteiger charge is -2.22. The fourth-order valence-corrected chi connectivity index (χ4v) is 3.04. The van der Waals surface area contributed by atoms with E-state index in [1.54, 1.807) is 0 Å². The molecule has 2 nitrogen and oxygen atoms in total. The van der Waals surface area contributed by atoms with Crippen molar-refractivity contribution in [2.75, 3.05) is 19.6 Å². The Hall–Kier alpha value is -0.0800. The molecule has 1 aliphatic heterocycles.